The second kappa shape index (κ2) is 7.81. The molecule has 2 aromatic carbocycles. The van der Waals surface area contributed by atoms with Crippen molar-refractivity contribution in [3.05, 3.63) is 71.3 Å². The van der Waals surface area contributed by atoms with Gasteiger partial charge in [-0.25, -0.2) is 0 Å². The van der Waals surface area contributed by atoms with E-state index in [4.69, 9.17) is 5.73 Å². The first-order valence-corrected chi connectivity index (χ1v) is 8.91. The van der Waals surface area contributed by atoms with Gasteiger partial charge in [0.05, 0.1) is 5.60 Å². The Hall–Kier alpha value is -2.17. The van der Waals surface area contributed by atoms with Crippen molar-refractivity contribution in [3.8, 4) is 0 Å². The van der Waals surface area contributed by atoms with Crippen molar-refractivity contribution in [1.82, 2.24) is 4.90 Å². The number of primary amides is 1. The van der Waals surface area contributed by atoms with Crippen LogP contribution in [0.15, 0.2) is 54.6 Å². The van der Waals surface area contributed by atoms with Crippen LogP contribution in [0.2, 0.25) is 0 Å². The third-order valence-electron chi connectivity index (χ3n) is 4.92. The Morgan fingerprint density at radius 1 is 1.00 bits per heavy atom. The monoisotopic (exact) mass is 338 g/mol. The predicted octanol–water partition coefficient (Wildman–Crippen LogP) is 3.09. The van der Waals surface area contributed by atoms with Gasteiger partial charge in [-0.05, 0) is 36.1 Å². The number of rotatable bonds is 7. The van der Waals surface area contributed by atoms with E-state index in [2.05, 4.69) is 17.0 Å². The molecule has 0 spiro atoms. The third kappa shape index (κ3) is 4.91. The van der Waals surface area contributed by atoms with Gasteiger partial charge in [0.2, 0.25) is 5.91 Å². The summed E-state index contributed by atoms with van der Waals surface area (Å²) in [6.45, 7) is 2.09. The van der Waals surface area contributed by atoms with Crippen molar-refractivity contribution in [3.63, 3.8) is 0 Å². The summed E-state index contributed by atoms with van der Waals surface area (Å²) in [5.74, 6) is -0.411. The molecule has 0 unspecified atom stereocenters. The molecule has 132 valence electrons. The average Bonchev–Trinajstić information content (AvgIpc) is 3.02. The molecule has 3 N–H and O–H groups in total. The molecular weight excluding hydrogens is 312 g/mol. The van der Waals surface area contributed by atoms with Gasteiger partial charge in [0.1, 0.15) is 0 Å². The number of carbonyl (C=O) groups excluding carboxylic acids is 1. The fourth-order valence-corrected chi connectivity index (χ4v) is 3.70. The highest BCUT2D eigenvalue weighted by Crippen LogP contribution is 2.31. The Morgan fingerprint density at radius 3 is 2.32 bits per heavy atom. The van der Waals surface area contributed by atoms with Crippen molar-refractivity contribution in [2.45, 2.75) is 44.4 Å². The van der Waals surface area contributed by atoms with Crippen LogP contribution in [0.4, 0.5) is 0 Å². The van der Waals surface area contributed by atoms with E-state index in [1.165, 1.54) is 5.56 Å². The van der Waals surface area contributed by atoms with Gasteiger partial charge in [0, 0.05) is 25.2 Å². The number of hydrogen-bond donors (Lipinski definition) is 2. The maximum atomic E-state index is 11.4. The Bertz CT molecular complexity index is 709. The SMILES string of the molecule is NC(=O)c1cccc(CN(Cc2ccccc2)CC2(O)CCCC2)c1. The van der Waals surface area contributed by atoms with E-state index in [-0.39, 0.29) is 0 Å². The van der Waals surface area contributed by atoms with Crippen molar-refractivity contribution in [2.75, 3.05) is 6.54 Å². The quantitative estimate of drug-likeness (QED) is 0.815. The molecule has 0 saturated heterocycles. The van der Waals surface area contributed by atoms with Crippen LogP contribution in [0.5, 0.6) is 0 Å². The number of benzene rings is 2. The predicted molar refractivity (Wildman–Crippen MR) is 98.9 cm³/mol. The highest BCUT2D eigenvalue weighted by molar-refractivity contribution is 5.92. The highest BCUT2D eigenvalue weighted by Gasteiger charge is 2.33. The van der Waals surface area contributed by atoms with E-state index in [0.717, 1.165) is 37.8 Å². The average molecular weight is 338 g/mol. The Kier molecular flexibility index (Phi) is 5.51. The summed E-state index contributed by atoms with van der Waals surface area (Å²) in [6, 6.07) is 17.7. The van der Waals surface area contributed by atoms with Crippen molar-refractivity contribution in [2.24, 2.45) is 5.73 Å². The lowest BCUT2D eigenvalue weighted by molar-refractivity contribution is 0.00451. The molecule has 2 aromatic rings. The molecule has 1 aliphatic carbocycles. The summed E-state index contributed by atoms with van der Waals surface area (Å²) in [7, 11) is 0. The van der Waals surface area contributed by atoms with E-state index in [0.29, 0.717) is 18.7 Å². The second-order valence-electron chi connectivity index (χ2n) is 7.13. The number of nitrogens with zero attached hydrogens (tertiary/aromatic N) is 1. The van der Waals surface area contributed by atoms with Crippen molar-refractivity contribution >= 4 is 5.91 Å². The Morgan fingerprint density at radius 2 is 1.64 bits per heavy atom. The molecular formula is C21H26N2O2. The zero-order chi connectivity index (χ0) is 17.7. The summed E-state index contributed by atoms with van der Waals surface area (Å²) < 4.78 is 0. The number of nitrogens with two attached hydrogens (primary N) is 1. The van der Waals surface area contributed by atoms with E-state index < -0.39 is 11.5 Å². The topological polar surface area (TPSA) is 66.6 Å². The van der Waals surface area contributed by atoms with E-state index >= 15 is 0 Å². The van der Waals surface area contributed by atoms with E-state index in [1.54, 1.807) is 6.07 Å². The summed E-state index contributed by atoms with van der Waals surface area (Å²) in [5, 5.41) is 10.8. The fraction of sp³-hybridized carbons (Fsp3) is 0.381. The molecule has 0 atom stereocenters. The molecule has 4 nitrogen and oxygen atoms in total. The number of hydrogen-bond acceptors (Lipinski definition) is 3. The third-order valence-corrected chi connectivity index (χ3v) is 4.92. The summed E-state index contributed by atoms with van der Waals surface area (Å²) >= 11 is 0. The van der Waals surface area contributed by atoms with E-state index in [1.807, 2.05) is 36.4 Å². The standard InChI is InChI=1S/C21H26N2O2/c22-20(24)19-10-6-9-18(13-19)15-23(14-17-7-2-1-3-8-17)16-21(25)11-4-5-12-21/h1-3,6-10,13,25H,4-5,11-12,14-16H2,(H2,22,24). The lowest BCUT2D eigenvalue weighted by atomic mass is 10.0. The minimum atomic E-state index is -0.601. The van der Waals surface area contributed by atoms with Crippen LogP contribution >= 0.6 is 0 Å². The van der Waals surface area contributed by atoms with Gasteiger partial charge in [0.15, 0.2) is 0 Å². The lowest BCUT2D eigenvalue weighted by Gasteiger charge is -2.31. The zero-order valence-corrected chi connectivity index (χ0v) is 14.5. The molecule has 1 amide bonds. The molecule has 25 heavy (non-hydrogen) atoms. The minimum absolute atomic E-state index is 0.411. The van der Waals surface area contributed by atoms with Gasteiger partial charge in [0.25, 0.3) is 0 Å². The number of carbonyl (C=O) groups is 1. The molecule has 0 aliphatic heterocycles. The smallest absolute Gasteiger partial charge is 0.248 e. The van der Waals surface area contributed by atoms with Crippen LogP contribution in [0, 0.1) is 0 Å². The van der Waals surface area contributed by atoms with Gasteiger partial charge in [-0.1, -0.05) is 55.3 Å². The van der Waals surface area contributed by atoms with Crippen LogP contribution in [-0.4, -0.2) is 28.1 Å². The maximum absolute atomic E-state index is 11.4. The molecule has 0 bridgehead atoms. The van der Waals surface area contributed by atoms with E-state index in [9.17, 15) is 9.90 Å². The van der Waals surface area contributed by atoms with Gasteiger partial charge in [-0.15, -0.1) is 0 Å². The van der Waals surface area contributed by atoms with Crippen LogP contribution in [0.3, 0.4) is 0 Å². The first-order valence-electron chi connectivity index (χ1n) is 8.91. The van der Waals surface area contributed by atoms with Crippen LogP contribution in [0.25, 0.3) is 0 Å². The lowest BCUT2D eigenvalue weighted by Crippen LogP contribution is -2.40. The van der Waals surface area contributed by atoms with Crippen LogP contribution in [0.1, 0.15) is 47.2 Å². The van der Waals surface area contributed by atoms with Crippen LogP contribution < -0.4 is 5.73 Å². The molecule has 4 heteroatoms. The molecule has 1 fully saturated rings. The molecule has 3 rings (SSSR count). The number of amides is 1. The number of aliphatic hydroxyl groups is 1. The molecule has 0 heterocycles. The first-order chi connectivity index (χ1) is 12.0. The first kappa shape index (κ1) is 17.6. The summed E-state index contributed by atoms with van der Waals surface area (Å²) in [6.07, 6.45) is 3.90. The maximum Gasteiger partial charge on any atom is 0.248 e. The van der Waals surface area contributed by atoms with Gasteiger partial charge < -0.3 is 10.8 Å². The minimum Gasteiger partial charge on any atom is -0.389 e. The Labute approximate surface area is 149 Å². The van der Waals surface area contributed by atoms with Crippen molar-refractivity contribution < 1.29 is 9.90 Å². The van der Waals surface area contributed by atoms with Gasteiger partial charge in [-0.2, -0.15) is 0 Å². The zero-order valence-electron chi connectivity index (χ0n) is 14.5. The Balaban J connectivity index is 1.77. The fourth-order valence-electron chi connectivity index (χ4n) is 3.70. The van der Waals surface area contributed by atoms with Gasteiger partial charge >= 0.3 is 0 Å². The highest BCUT2D eigenvalue weighted by atomic mass is 16.3. The molecule has 0 radical (unpaired) electrons. The molecule has 1 saturated carbocycles. The molecule has 1 aliphatic rings. The summed E-state index contributed by atoms with van der Waals surface area (Å²) in [5.41, 5.74) is 7.57. The van der Waals surface area contributed by atoms with Crippen LogP contribution in [-0.2, 0) is 13.1 Å². The van der Waals surface area contributed by atoms with Gasteiger partial charge in [-0.3, -0.25) is 9.69 Å². The largest absolute Gasteiger partial charge is 0.389 e. The summed E-state index contributed by atoms with van der Waals surface area (Å²) in [4.78, 5) is 13.7. The second-order valence-corrected chi connectivity index (χ2v) is 7.13. The normalized spacial score (nSPS) is 16.2. The van der Waals surface area contributed by atoms with Crippen molar-refractivity contribution in [1.29, 1.82) is 0 Å². The molecule has 0 aromatic heterocycles.